The van der Waals surface area contributed by atoms with Crippen LogP contribution in [-0.2, 0) is 0 Å². The van der Waals surface area contributed by atoms with Crippen LogP contribution in [0.2, 0.25) is 0 Å². The fraction of sp³-hybridized carbons (Fsp3) is 0.200. The molecule has 3 rings (SSSR count). The van der Waals surface area contributed by atoms with E-state index in [1.165, 1.54) is 0 Å². The highest BCUT2D eigenvalue weighted by atomic mass is 15.2. The van der Waals surface area contributed by atoms with Crippen molar-refractivity contribution in [2.24, 2.45) is 5.73 Å². The minimum absolute atomic E-state index is 0.674. The second-order valence-corrected chi connectivity index (χ2v) is 4.62. The summed E-state index contributed by atoms with van der Waals surface area (Å²) in [4.78, 5) is 3.25. The zero-order valence-electron chi connectivity index (χ0n) is 11.1. The van der Waals surface area contributed by atoms with Gasteiger partial charge in [0, 0.05) is 29.2 Å². The molecule has 5 heteroatoms. The first-order valence-electron chi connectivity index (χ1n) is 6.72. The van der Waals surface area contributed by atoms with E-state index in [9.17, 15) is 0 Å². The maximum absolute atomic E-state index is 5.45. The van der Waals surface area contributed by atoms with Gasteiger partial charge in [-0.05, 0) is 31.2 Å². The molecule has 0 saturated heterocycles. The zero-order chi connectivity index (χ0) is 13.8. The van der Waals surface area contributed by atoms with Gasteiger partial charge in [-0.1, -0.05) is 18.2 Å². The molecule has 0 radical (unpaired) electrons. The van der Waals surface area contributed by atoms with Crippen LogP contribution in [0.5, 0.6) is 0 Å². The third-order valence-corrected chi connectivity index (χ3v) is 3.22. The molecule has 4 N–H and O–H groups in total. The van der Waals surface area contributed by atoms with Gasteiger partial charge in [0.15, 0.2) is 0 Å². The summed E-state index contributed by atoms with van der Waals surface area (Å²) in [6.07, 6.45) is 2.89. The number of nitrogens with two attached hydrogens (primary N) is 1. The van der Waals surface area contributed by atoms with E-state index in [0.717, 1.165) is 40.9 Å². The Morgan fingerprint density at radius 1 is 1.10 bits per heavy atom. The van der Waals surface area contributed by atoms with Crippen LogP contribution in [0.1, 0.15) is 6.42 Å². The summed E-state index contributed by atoms with van der Waals surface area (Å²) in [6.45, 7) is 1.49. The Kier molecular flexibility index (Phi) is 3.60. The van der Waals surface area contributed by atoms with Crippen molar-refractivity contribution in [3.05, 3.63) is 42.6 Å². The Morgan fingerprint density at radius 3 is 2.80 bits per heavy atom. The summed E-state index contributed by atoms with van der Waals surface area (Å²) < 4.78 is 0. The topological polar surface area (TPSA) is 79.6 Å². The quantitative estimate of drug-likeness (QED) is 0.620. The van der Waals surface area contributed by atoms with E-state index in [-0.39, 0.29) is 0 Å². The minimum Gasteiger partial charge on any atom is -0.369 e. The normalized spacial score (nSPS) is 10.8. The fourth-order valence-electron chi connectivity index (χ4n) is 2.17. The molecule has 0 bridgehead atoms. The minimum atomic E-state index is 0.674. The van der Waals surface area contributed by atoms with Crippen molar-refractivity contribution < 1.29 is 0 Å². The number of nitrogens with zero attached hydrogens (tertiary/aromatic N) is 2. The number of hydrogen-bond donors (Lipinski definition) is 3. The third-order valence-electron chi connectivity index (χ3n) is 3.22. The smallest absolute Gasteiger partial charge is 0.148 e. The summed E-state index contributed by atoms with van der Waals surface area (Å²) in [5.41, 5.74) is 8.50. The number of benzene rings is 1. The van der Waals surface area contributed by atoms with Gasteiger partial charge in [-0.25, -0.2) is 0 Å². The Labute approximate surface area is 117 Å². The van der Waals surface area contributed by atoms with Crippen LogP contribution < -0.4 is 11.1 Å². The van der Waals surface area contributed by atoms with Crippen molar-refractivity contribution in [2.45, 2.75) is 6.42 Å². The number of nitrogens with one attached hydrogen (secondary N) is 2. The predicted molar refractivity (Wildman–Crippen MR) is 81.5 cm³/mol. The molecular formula is C15H17N5. The number of aromatic nitrogens is 3. The van der Waals surface area contributed by atoms with Crippen molar-refractivity contribution in [1.82, 2.24) is 15.2 Å². The van der Waals surface area contributed by atoms with Gasteiger partial charge in [-0.3, -0.25) is 0 Å². The van der Waals surface area contributed by atoms with Gasteiger partial charge in [0.1, 0.15) is 5.82 Å². The number of hydrogen-bond acceptors (Lipinski definition) is 4. The second kappa shape index (κ2) is 5.71. The number of para-hydroxylation sites is 1. The molecule has 0 amide bonds. The first kappa shape index (κ1) is 12.6. The Morgan fingerprint density at radius 2 is 2.00 bits per heavy atom. The van der Waals surface area contributed by atoms with E-state index in [1.807, 2.05) is 30.5 Å². The van der Waals surface area contributed by atoms with Crippen LogP contribution in [0.3, 0.4) is 0 Å². The molecule has 0 fully saturated rings. The van der Waals surface area contributed by atoms with Gasteiger partial charge in [-0.2, -0.15) is 0 Å². The lowest BCUT2D eigenvalue weighted by molar-refractivity contribution is 0.864. The van der Waals surface area contributed by atoms with E-state index in [4.69, 9.17) is 5.73 Å². The maximum Gasteiger partial charge on any atom is 0.148 e. The average Bonchev–Trinajstić information content (AvgIpc) is 2.92. The van der Waals surface area contributed by atoms with Crippen molar-refractivity contribution >= 4 is 16.7 Å². The average molecular weight is 267 g/mol. The molecule has 2 heterocycles. The van der Waals surface area contributed by atoms with Gasteiger partial charge < -0.3 is 16.0 Å². The zero-order valence-corrected chi connectivity index (χ0v) is 11.1. The van der Waals surface area contributed by atoms with Gasteiger partial charge in [0.25, 0.3) is 0 Å². The number of fused-ring (bicyclic) bond motifs is 1. The lowest BCUT2D eigenvalue weighted by Gasteiger charge is -2.04. The molecule has 1 aromatic carbocycles. The molecule has 5 nitrogen and oxygen atoms in total. The van der Waals surface area contributed by atoms with Gasteiger partial charge >= 0.3 is 0 Å². The number of anilines is 1. The lowest BCUT2D eigenvalue weighted by Crippen LogP contribution is -2.09. The monoisotopic (exact) mass is 267 g/mol. The summed E-state index contributed by atoms with van der Waals surface area (Å²) in [7, 11) is 0. The fourth-order valence-corrected chi connectivity index (χ4v) is 2.17. The molecule has 0 spiro atoms. The number of aromatic amines is 1. The van der Waals surface area contributed by atoms with E-state index in [0.29, 0.717) is 6.54 Å². The Balaban J connectivity index is 1.84. The molecule has 3 aromatic rings. The molecule has 0 atom stereocenters. The third kappa shape index (κ3) is 2.48. The number of H-pyrrole nitrogens is 1. The molecule has 0 aliphatic rings. The SMILES string of the molecule is NCCCNc1ccc(-c2c[nH]c3ccccc23)nn1. The van der Waals surface area contributed by atoms with E-state index in [1.54, 1.807) is 0 Å². The van der Waals surface area contributed by atoms with Crippen LogP contribution in [-0.4, -0.2) is 28.3 Å². The van der Waals surface area contributed by atoms with Crippen LogP contribution >= 0.6 is 0 Å². The molecule has 0 saturated carbocycles. The molecule has 102 valence electrons. The molecule has 0 aliphatic carbocycles. The molecule has 0 aliphatic heterocycles. The lowest BCUT2D eigenvalue weighted by atomic mass is 10.1. The van der Waals surface area contributed by atoms with Crippen LogP contribution in [0, 0.1) is 0 Å². The highest BCUT2D eigenvalue weighted by molar-refractivity contribution is 5.94. The van der Waals surface area contributed by atoms with Crippen molar-refractivity contribution in [3.8, 4) is 11.3 Å². The van der Waals surface area contributed by atoms with Crippen molar-refractivity contribution in [3.63, 3.8) is 0 Å². The highest BCUT2D eigenvalue weighted by Crippen LogP contribution is 2.26. The van der Waals surface area contributed by atoms with Gasteiger partial charge in [-0.15, -0.1) is 10.2 Å². The molecule has 2 aromatic heterocycles. The van der Waals surface area contributed by atoms with Gasteiger partial charge in [0.2, 0.25) is 0 Å². The molecular weight excluding hydrogens is 250 g/mol. The summed E-state index contributed by atoms with van der Waals surface area (Å²) in [5, 5.41) is 12.8. The summed E-state index contributed by atoms with van der Waals surface area (Å²) >= 11 is 0. The molecule has 0 unspecified atom stereocenters. The number of rotatable bonds is 5. The largest absolute Gasteiger partial charge is 0.369 e. The standard InChI is InChI=1S/C15H17N5/c16-8-3-9-17-15-7-6-14(19-20-15)12-10-18-13-5-2-1-4-11(12)13/h1-2,4-7,10,18H,3,8-9,16H2,(H,17,20). The summed E-state index contributed by atoms with van der Waals surface area (Å²) in [5.74, 6) is 0.780. The first-order valence-corrected chi connectivity index (χ1v) is 6.72. The Hall–Kier alpha value is -2.40. The first-order chi connectivity index (χ1) is 9.88. The van der Waals surface area contributed by atoms with Crippen LogP contribution in [0.25, 0.3) is 22.2 Å². The van der Waals surface area contributed by atoms with E-state index >= 15 is 0 Å². The van der Waals surface area contributed by atoms with Crippen LogP contribution in [0.4, 0.5) is 5.82 Å². The van der Waals surface area contributed by atoms with Gasteiger partial charge in [0.05, 0.1) is 5.69 Å². The highest BCUT2D eigenvalue weighted by Gasteiger charge is 2.07. The van der Waals surface area contributed by atoms with Crippen LogP contribution in [0.15, 0.2) is 42.6 Å². The predicted octanol–water partition coefficient (Wildman–Crippen LogP) is 2.39. The van der Waals surface area contributed by atoms with E-state index in [2.05, 4.69) is 32.6 Å². The maximum atomic E-state index is 5.45. The summed E-state index contributed by atoms with van der Waals surface area (Å²) in [6, 6.07) is 12.1. The molecule has 20 heavy (non-hydrogen) atoms. The van der Waals surface area contributed by atoms with E-state index < -0.39 is 0 Å². The second-order valence-electron chi connectivity index (χ2n) is 4.62. The Bertz CT molecular complexity index is 687. The van der Waals surface area contributed by atoms with Crippen molar-refractivity contribution in [2.75, 3.05) is 18.4 Å². The van der Waals surface area contributed by atoms with Crippen molar-refractivity contribution in [1.29, 1.82) is 0 Å².